The Labute approximate surface area is 237 Å². The summed E-state index contributed by atoms with van der Waals surface area (Å²) in [5, 5.41) is 7.14. The summed E-state index contributed by atoms with van der Waals surface area (Å²) in [7, 11) is 1.63. The molecule has 0 bridgehead atoms. The number of carbonyl (C=O) groups excluding carboxylic acids is 3. The number of benzene rings is 2. The van der Waals surface area contributed by atoms with Crippen LogP contribution in [0.4, 0.5) is 0 Å². The van der Waals surface area contributed by atoms with Crippen molar-refractivity contribution >= 4 is 28.5 Å². The Bertz CT molecular complexity index is 1330. The maximum absolute atomic E-state index is 13.4. The van der Waals surface area contributed by atoms with Gasteiger partial charge in [0.15, 0.2) is 0 Å². The Balaban J connectivity index is 1.39. The van der Waals surface area contributed by atoms with Gasteiger partial charge in [0.05, 0.1) is 13.5 Å². The number of methoxy groups -OCH3 is 1. The molecule has 0 spiro atoms. The molecule has 2 atom stereocenters. The zero-order valence-electron chi connectivity index (χ0n) is 24.1. The van der Waals surface area contributed by atoms with E-state index in [1.54, 1.807) is 14.0 Å². The van der Waals surface area contributed by atoms with Crippen molar-refractivity contribution in [3.05, 3.63) is 64.8 Å². The number of aromatic amines is 1. The topological polar surface area (TPSA) is 100 Å². The highest BCUT2D eigenvalue weighted by Crippen LogP contribution is 2.27. The summed E-state index contributed by atoms with van der Waals surface area (Å²) in [4.78, 5) is 41.3. The highest BCUT2D eigenvalue weighted by Gasteiger charge is 2.24. The fourth-order valence-electron chi connectivity index (χ4n) is 5.83. The van der Waals surface area contributed by atoms with E-state index in [-0.39, 0.29) is 24.0 Å². The molecule has 2 aromatic carbocycles. The zero-order chi connectivity index (χ0) is 28.5. The number of rotatable bonds is 13. The summed E-state index contributed by atoms with van der Waals surface area (Å²) in [5.41, 5.74) is 5.57. The molecule has 2 amide bonds. The quantitative estimate of drug-likeness (QED) is 0.199. The standard InChI is InChI=1S/C33H43N3O4/c1-22(37)10-5-4-6-15-31(33(39)34-21-24-11-9-14-25-12-7-8-13-26(25)18-24)36-32(38)20-28-23(2)35-30-17-16-27(40-3)19-29(28)30/h7-8,12-13,16-17,19,24,31,35H,4-6,9-11,14-15,18,20-21H2,1-3H3,(H,34,39)(H,36,38)/t24?,31-/m0/s1. The number of carbonyl (C=O) groups is 3. The number of H-pyrrole nitrogens is 1. The van der Waals surface area contributed by atoms with Gasteiger partial charge >= 0.3 is 0 Å². The van der Waals surface area contributed by atoms with Crippen LogP contribution in [0.2, 0.25) is 0 Å². The Morgan fingerprint density at radius 2 is 1.88 bits per heavy atom. The molecule has 1 aromatic heterocycles. The molecule has 214 valence electrons. The first-order valence-corrected chi connectivity index (χ1v) is 14.6. The summed E-state index contributed by atoms with van der Waals surface area (Å²) in [6, 6.07) is 13.8. The van der Waals surface area contributed by atoms with Gasteiger partial charge in [-0.05, 0) is 93.2 Å². The number of amides is 2. The van der Waals surface area contributed by atoms with E-state index in [1.807, 2.05) is 25.1 Å². The van der Waals surface area contributed by atoms with Gasteiger partial charge in [-0.15, -0.1) is 0 Å². The van der Waals surface area contributed by atoms with E-state index in [0.29, 0.717) is 25.3 Å². The second kappa shape index (κ2) is 14.1. The van der Waals surface area contributed by atoms with Gasteiger partial charge in [-0.1, -0.05) is 37.1 Å². The number of aromatic nitrogens is 1. The number of Topliss-reactive ketones (excluding diaryl/α,β-unsaturated/α-hetero) is 1. The number of nitrogens with one attached hydrogen (secondary N) is 3. The molecule has 4 rings (SSSR count). The lowest BCUT2D eigenvalue weighted by Gasteiger charge is -2.21. The van der Waals surface area contributed by atoms with Crippen LogP contribution in [0, 0.1) is 12.8 Å². The number of fused-ring (bicyclic) bond motifs is 2. The Morgan fingerprint density at radius 3 is 2.65 bits per heavy atom. The van der Waals surface area contributed by atoms with Crippen LogP contribution < -0.4 is 15.4 Å². The maximum Gasteiger partial charge on any atom is 0.242 e. The van der Waals surface area contributed by atoms with Crippen molar-refractivity contribution < 1.29 is 19.1 Å². The van der Waals surface area contributed by atoms with Crippen LogP contribution in [-0.4, -0.2) is 42.3 Å². The Hall–Kier alpha value is -3.61. The summed E-state index contributed by atoms with van der Waals surface area (Å²) in [6.07, 6.45) is 7.91. The van der Waals surface area contributed by atoms with Crippen molar-refractivity contribution in [3.63, 3.8) is 0 Å². The fourth-order valence-corrected chi connectivity index (χ4v) is 5.83. The minimum atomic E-state index is -0.608. The molecule has 0 aliphatic heterocycles. The van der Waals surface area contributed by atoms with E-state index in [9.17, 15) is 14.4 Å². The highest BCUT2D eigenvalue weighted by molar-refractivity contribution is 5.93. The maximum atomic E-state index is 13.4. The molecule has 1 aliphatic rings. The van der Waals surface area contributed by atoms with E-state index >= 15 is 0 Å². The van der Waals surface area contributed by atoms with Gasteiger partial charge in [0.2, 0.25) is 11.8 Å². The predicted molar refractivity (Wildman–Crippen MR) is 159 cm³/mol. The third kappa shape index (κ3) is 7.96. The summed E-state index contributed by atoms with van der Waals surface area (Å²) in [5.74, 6) is 0.979. The molecule has 3 aromatic rings. The normalized spacial score (nSPS) is 15.6. The summed E-state index contributed by atoms with van der Waals surface area (Å²) >= 11 is 0. The molecule has 0 fully saturated rings. The molecule has 7 nitrogen and oxygen atoms in total. The largest absolute Gasteiger partial charge is 0.497 e. The molecule has 40 heavy (non-hydrogen) atoms. The van der Waals surface area contributed by atoms with Gasteiger partial charge in [0.1, 0.15) is 17.6 Å². The van der Waals surface area contributed by atoms with Gasteiger partial charge in [0, 0.05) is 29.6 Å². The molecule has 0 radical (unpaired) electrons. The van der Waals surface area contributed by atoms with E-state index in [2.05, 4.69) is 39.9 Å². The second-order valence-corrected chi connectivity index (χ2v) is 11.2. The van der Waals surface area contributed by atoms with Crippen LogP contribution in [0.1, 0.15) is 74.3 Å². The summed E-state index contributed by atoms with van der Waals surface area (Å²) < 4.78 is 5.38. The molecule has 1 unspecified atom stereocenters. The smallest absolute Gasteiger partial charge is 0.242 e. The van der Waals surface area contributed by atoms with Crippen molar-refractivity contribution in [1.29, 1.82) is 0 Å². The van der Waals surface area contributed by atoms with Crippen molar-refractivity contribution in [2.45, 2.75) is 84.1 Å². The van der Waals surface area contributed by atoms with Gasteiger partial charge in [-0.3, -0.25) is 9.59 Å². The van der Waals surface area contributed by atoms with Crippen LogP contribution in [-0.2, 0) is 33.6 Å². The third-order valence-electron chi connectivity index (χ3n) is 8.09. The van der Waals surface area contributed by atoms with Crippen molar-refractivity contribution in [2.75, 3.05) is 13.7 Å². The second-order valence-electron chi connectivity index (χ2n) is 11.2. The Morgan fingerprint density at radius 1 is 1.07 bits per heavy atom. The predicted octanol–water partition coefficient (Wildman–Crippen LogP) is 5.36. The van der Waals surface area contributed by atoms with Crippen LogP contribution in [0.3, 0.4) is 0 Å². The Kier molecular flexibility index (Phi) is 10.4. The van der Waals surface area contributed by atoms with Crippen LogP contribution in [0.5, 0.6) is 5.75 Å². The third-order valence-corrected chi connectivity index (χ3v) is 8.09. The molecule has 1 heterocycles. The number of hydrogen-bond acceptors (Lipinski definition) is 4. The average molecular weight is 546 g/mol. The van der Waals surface area contributed by atoms with Crippen LogP contribution >= 0.6 is 0 Å². The molecule has 0 saturated carbocycles. The number of aryl methyl sites for hydroxylation is 2. The first-order valence-electron chi connectivity index (χ1n) is 14.6. The average Bonchev–Trinajstić information content (AvgIpc) is 3.10. The minimum absolute atomic E-state index is 0.130. The monoisotopic (exact) mass is 545 g/mol. The fraction of sp³-hybridized carbons (Fsp3) is 0.485. The van der Waals surface area contributed by atoms with Crippen LogP contribution in [0.25, 0.3) is 10.9 Å². The van der Waals surface area contributed by atoms with Crippen molar-refractivity contribution in [1.82, 2.24) is 15.6 Å². The van der Waals surface area contributed by atoms with E-state index in [4.69, 9.17) is 4.74 Å². The van der Waals surface area contributed by atoms with E-state index < -0.39 is 6.04 Å². The number of ketones is 1. The van der Waals surface area contributed by atoms with E-state index in [1.165, 1.54) is 11.1 Å². The lowest BCUT2D eigenvalue weighted by atomic mass is 9.96. The molecule has 1 aliphatic carbocycles. The molecule has 7 heteroatoms. The molecule has 3 N–H and O–H groups in total. The minimum Gasteiger partial charge on any atom is -0.497 e. The van der Waals surface area contributed by atoms with Crippen LogP contribution in [0.15, 0.2) is 42.5 Å². The number of hydrogen-bond donors (Lipinski definition) is 3. The lowest BCUT2D eigenvalue weighted by molar-refractivity contribution is -0.129. The van der Waals surface area contributed by atoms with Crippen molar-refractivity contribution in [3.8, 4) is 5.75 Å². The van der Waals surface area contributed by atoms with Gasteiger partial charge in [-0.2, -0.15) is 0 Å². The van der Waals surface area contributed by atoms with Gasteiger partial charge in [0.25, 0.3) is 0 Å². The first kappa shape index (κ1) is 29.4. The molecular weight excluding hydrogens is 502 g/mol. The van der Waals surface area contributed by atoms with Gasteiger partial charge < -0.3 is 25.1 Å². The highest BCUT2D eigenvalue weighted by atomic mass is 16.5. The SMILES string of the molecule is COc1ccc2[nH]c(C)c(CC(=O)N[C@@H](CCCCCC(C)=O)C(=O)NCC3CCCc4ccccc4C3)c2c1. The van der Waals surface area contributed by atoms with Gasteiger partial charge in [-0.25, -0.2) is 0 Å². The van der Waals surface area contributed by atoms with Crippen molar-refractivity contribution in [2.24, 2.45) is 5.92 Å². The lowest BCUT2D eigenvalue weighted by Crippen LogP contribution is -2.48. The molecule has 0 saturated heterocycles. The molecular formula is C33H43N3O4. The zero-order valence-corrected chi connectivity index (χ0v) is 24.1. The van der Waals surface area contributed by atoms with E-state index in [0.717, 1.165) is 72.9 Å². The number of ether oxygens (including phenoxy) is 1. The summed E-state index contributed by atoms with van der Waals surface area (Å²) in [6.45, 7) is 4.16. The number of unbranched alkanes of at least 4 members (excludes halogenated alkanes) is 2. The first-order chi connectivity index (χ1) is 19.3.